The SMILES string of the molecule is CC(C)(C)OC(=O)N(c1ccccn1)[C@H]1CC[C@@H](O[Si](c2ccccc2)(c2ccccc2)C(C)(C)C)CC1. The number of carbonyl (C=O) groups excluding carboxylic acids is 1. The van der Waals surface area contributed by atoms with Gasteiger partial charge >= 0.3 is 6.09 Å². The monoisotopic (exact) mass is 530 g/mol. The van der Waals surface area contributed by atoms with E-state index in [1.165, 1.54) is 10.4 Å². The van der Waals surface area contributed by atoms with Crippen LogP contribution in [0.4, 0.5) is 10.6 Å². The van der Waals surface area contributed by atoms with Crippen molar-refractivity contribution in [2.45, 2.75) is 90.0 Å². The van der Waals surface area contributed by atoms with Gasteiger partial charge in [0.15, 0.2) is 0 Å². The molecule has 4 rings (SSSR count). The summed E-state index contributed by atoms with van der Waals surface area (Å²) in [5, 5.41) is 2.53. The Morgan fingerprint density at radius 2 is 1.32 bits per heavy atom. The maximum atomic E-state index is 13.3. The first-order chi connectivity index (χ1) is 18.0. The van der Waals surface area contributed by atoms with Crippen LogP contribution in [-0.4, -0.2) is 37.1 Å². The lowest BCUT2D eigenvalue weighted by Crippen LogP contribution is -2.68. The summed E-state index contributed by atoms with van der Waals surface area (Å²) in [6.07, 6.45) is 4.92. The molecule has 1 aliphatic carbocycles. The molecule has 0 spiro atoms. The molecule has 0 N–H and O–H groups in total. The third kappa shape index (κ3) is 6.19. The van der Waals surface area contributed by atoms with Crippen LogP contribution in [0.3, 0.4) is 0 Å². The van der Waals surface area contributed by atoms with Gasteiger partial charge in [-0.3, -0.25) is 4.90 Å². The zero-order chi connectivity index (χ0) is 27.4. The van der Waals surface area contributed by atoms with Gasteiger partial charge in [0.25, 0.3) is 8.32 Å². The molecule has 0 unspecified atom stereocenters. The van der Waals surface area contributed by atoms with Gasteiger partial charge in [-0.15, -0.1) is 0 Å². The predicted molar refractivity (Wildman–Crippen MR) is 158 cm³/mol. The molecule has 202 valence electrons. The van der Waals surface area contributed by atoms with Gasteiger partial charge in [0, 0.05) is 18.3 Å². The molecule has 38 heavy (non-hydrogen) atoms. The van der Waals surface area contributed by atoms with Crippen LogP contribution in [0, 0.1) is 0 Å². The largest absolute Gasteiger partial charge is 0.443 e. The van der Waals surface area contributed by atoms with Crippen LogP contribution >= 0.6 is 0 Å². The van der Waals surface area contributed by atoms with Crippen molar-refractivity contribution in [2.24, 2.45) is 0 Å². The maximum Gasteiger partial charge on any atom is 0.416 e. The molecule has 1 fully saturated rings. The van der Waals surface area contributed by atoms with Crippen molar-refractivity contribution in [1.29, 1.82) is 0 Å². The van der Waals surface area contributed by atoms with Gasteiger partial charge in [0.1, 0.15) is 11.4 Å². The molecule has 1 aromatic heterocycles. The van der Waals surface area contributed by atoms with Crippen molar-refractivity contribution in [1.82, 2.24) is 4.98 Å². The lowest BCUT2D eigenvalue weighted by molar-refractivity contribution is 0.0538. The van der Waals surface area contributed by atoms with Gasteiger partial charge in [0.05, 0.1) is 0 Å². The van der Waals surface area contributed by atoms with Gasteiger partial charge < -0.3 is 9.16 Å². The number of benzene rings is 2. The summed E-state index contributed by atoms with van der Waals surface area (Å²) in [4.78, 5) is 19.6. The zero-order valence-electron chi connectivity index (χ0n) is 23.7. The van der Waals surface area contributed by atoms with Crippen molar-refractivity contribution in [3.63, 3.8) is 0 Å². The molecule has 1 aliphatic rings. The van der Waals surface area contributed by atoms with Gasteiger partial charge in [-0.2, -0.15) is 0 Å². The predicted octanol–water partition coefficient (Wildman–Crippen LogP) is 6.71. The number of pyridine rings is 1. The fourth-order valence-corrected chi connectivity index (χ4v) is 10.4. The zero-order valence-corrected chi connectivity index (χ0v) is 24.7. The highest BCUT2D eigenvalue weighted by Gasteiger charge is 2.51. The van der Waals surface area contributed by atoms with Crippen molar-refractivity contribution in [3.8, 4) is 0 Å². The minimum atomic E-state index is -2.62. The van der Waals surface area contributed by atoms with Crippen molar-refractivity contribution in [2.75, 3.05) is 4.90 Å². The Balaban J connectivity index is 1.61. The number of aromatic nitrogens is 1. The lowest BCUT2D eigenvalue weighted by atomic mass is 9.92. The van der Waals surface area contributed by atoms with Crippen LogP contribution in [0.25, 0.3) is 0 Å². The van der Waals surface area contributed by atoms with Crippen LogP contribution < -0.4 is 15.3 Å². The van der Waals surface area contributed by atoms with Crippen LogP contribution in [0.5, 0.6) is 0 Å². The Morgan fingerprint density at radius 3 is 1.76 bits per heavy atom. The molecule has 0 atom stereocenters. The molecule has 1 heterocycles. The molecular weight excluding hydrogens is 488 g/mol. The summed E-state index contributed by atoms with van der Waals surface area (Å²) in [6.45, 7) is 12.6. The summed E-state index contributed by atoms with van der Waals surface area (Å²) in [5.41, 5.74) is -0.576. The Hall–Kier alpha value is -2.96. The summed E-state index contributed by atoms with van der Waals surface area (Å²) in [5.74, 6) is 0.637. The number of nitrogens with zero attached hydrogens (tertiary/aromatic N) is 2. The molecule has 0 aliphatic heterocycles. The molecule has 1 saturated carbocycles. The van der Waals surface area contributed by atoms with Gasteiger partial charge in [0.2, 0.25) is 0 Å². The fraction of sp³-hybridized carbons (Fsp3) is 0.438. The average Bonchev–Trinajstić information content (AvgIpc) is 2.88. The molecule has 0 saturated heterocycles. The number of hydrogen-bond acceptors (Lipinski definition) is 4. The van der Waals surface area contributed by atoms with Crippen molar-refractivity contribution in [3.05, 3.63) is 85.1 Å². The minimum Gasteiger partial charge on any atom is -0.443 e. The van der Waals surface area contributed by atoms with E-state index in [1.54, 1.807) is 11.1 Å². The Morgan fingerprint density at radius 1 is 0.789 bits per heavy atom. The Labute approximate surface area is 229 Å². The van der Waals surface area contributed by atoms with Crippen LogP contribution in [0.2, 0.25) is 5.04 Å². The maximum absolute atomic E-state index is 13.3. The Kier molecular flexibility index (Phi) is 8.43. The fourth-order valence-electron chi connectivity index (χ4n) is 5.60. The molecule has 0 bridgehead atoms. The summed E-state index contributed by atoms with van der Waals surface area (Å²) >= 11 is 0. The number of hydrogen-bond donors (Lipinski definition) is 0. The second-order valence-electron chi connectivity index (χ2n) is 12.2. The highest BCUT2D eigenvalue weighted by atomic mass is 28.4. The second-order valence-corrected chi connectivity index (χ2v) is 16.5. The Bertz CT molecular complexity index is 1130. The van der Waals surface area contributed by atoms with E-state index >= 15 is 0 Å². The van der Waals surface area contributed by atoms with Crippen LogP contribution in [0.15, 0.2) is 85.1 Å². The second kappa shape index (κ2) is 11.4. The highest BCUT2D eigenvalue weighted by Crippen LogP contribution is 2.40. The molecular formula is C32H42N2O3Si. The molecule has 6 heteroatoms. The van der Waals surface area contributed by atoms with E-state index in [-0.39, 0.29) is 23.3 Å². The number of rotatable bonds is 6. The van der Waals surface area contributed by atoms with Crippen LogP contribution in [0.1, 0.15) is 67.2 Å². The minimum absolute atomic E-state index is 0.0127. The van der Waals surface area contributed by atoms with E-state index in [2.05, 4.69) is 86.4 Å². The van der Waals surface area contributed by atoms with Gasteiger partial charge in [-0.05, 0) is 74.0 Å². The summed E-state index contributed by atoms with van der Waals surface area (Å²) in [7, 11) is -2.62. The number of amides is 1. The molecule has 2 aromatic carbocycles. The van der Waals surface area contributed by atoms with E-state index < -0.39 is 13.9 Å². The molecule has 5 nitrogen and oxygen atoms in total. The van der Waals surface area contributed by atoms with E-state index in [0.717, 1.165) is 25.7 Å². The molecule has 1 amide bonds. The first kappa shape index (κ1) is 28.1. The smallest absolute Gasteiger partial charge is 0.416 e. The first-order valence-electron chi connectivity index (χ1n) is 13.7. The summed E-state index contributed by atoms with van der Waals surface area (Å²) < 4.78 is 13.2. The topological polar surface area (TPSA) is 51.7 Å². The third-order valence-electron chi connectivity index (χ3n) is 7.26. The van der Waals surface area contributed by atoms with Crippen molar-refractivity contribution < 1.29 is 14.0 Å². The van der Waals surface area contributed by atoms with E-state index in [1.807, 2.05) is 39.0 Å². The lowest BCUT2D eigenvalue weighted by Gasteiger charge is -2.46. The molecule has 0 radical (unpaired) electrons. The standard InChI is InChI=1S/C32H42N2O3Si/c1-31(2,3)36-30(35)34(29-19-13-14-24-33-29)25-20-22-26(23-21-25)37-38(32(4,5)6,27-15-9-7-10-16-27)28-17-11-8-12-18-28/h7-19,24-26H,20-23H2,1-6H3/t25-,26+. The van der Waals surface area contributed by atoms with E-state index in [0.29, 0.717) is 5.82 Å². The third-order valence-corrected chi connectivity index (χ3v) is 12.3. The number of carbonyl (C=O) groups is 1. The normalized spacial score (nSPS) is 18.6. The van der Waals surface area contributed by atoms with E-state index in [4.69, 9.17) is 9.16 Å². The first-order valence-corrected chi connectivity index (χ1v) is 15.6. The van der Waals surface area contributed by atoms with Gasteiger partial charge in [-0.1, -0.05) is 87.5 Å². The number of anilines is 1. The quantitative estimate of drug-likeness (QED) is 0.332. The average molecular weight is 531 g/mol. The summed E-state index contributed by atoms with van der Waals surface area (Å²) in [6, 6.07) is 27.3. The highest BCUT2D eigenvalue weighted by molar-refractivity contribution is 6.99. The molecule has 3 aromatic rings. The van der Waals surface area contributed by atoms with E-state index in [9.17, 15) is 4.79 Å². The van der Waals surface area contributed by atoms with Crippen LogP contribution in [-0.2, 0) is 9.16 Å². The van der Waals surface area contributed by atoms with Gasteiger partial charge in [-0.25, -0.2) is 9.78 Å². The number of ether oxygens (including phenoxy) is 1. The van der Waals surface area contributed by atoms with Crippen molar-refractivity contribution >= 4 is 30.6 Å².